The summed E-state index contributed by atoms with van der Waals surface area (Å²) >= 11 is 2.74. The van der Waals surface area contributed by atoms with E-state index in [-0.39, 0.29) is 17.6 Å². The van der Waals surface area contributed by atoms with Crippen LogP contribution in [0.2, 0.25) is 0 Å². The number of nitrogens with one attached hydrogen (secondary N) is 2. The smallest absolute Gasteiger partial charge is 0.255 e. The van der Waals surface area contributed by atoms with Crippen LogP contribution in [0.15, 0.2) is 83.1 Å². The molecule has 0 fully saturated rings. The number of aryl methyl sites for hydroxylation is 1. The first-order chi connectivity index (χ1) is 16.0. The van der Waals surface area contributed by atoms with Gasteiger partial charge in [0.15, 0.2) is 5.13 Å². The van der Waals surface area contributed by atoms with Crippen molar-refractivity contribution >= 4 is 45.7 Å². The van der Waals surface area contributed by atoms with Crippen molar-refractivity contribution in [1.29, 1.82) is 0 Å². The monoisotopic (exact) mass is 477 g/mol. The second-order valence-corrected chi connectivity index (χ2v) is 9.14. The SMILES string of the molecule is Cc1ccc(-c2csc(NC(=O)CSc3cccc(NC(=O)c4ccc(F)cc4)c3)n2)cc1. The van der Waals surface area contributed by atoms with E-state index in [0.29, 0.717) is 16.4 Å². The highest BCUT2D eigenvalue weighted by molar-refractivity contribution is 8.00. The number of rotatable bonds is 7. The van der Waals surface area contributed by atoms with Crippen molar-refractivity contribution in [2.24, 2.45) is 0 Å². The fraction of sp³-hybridized carbons (Fsp3) is 0.0800. The molecule has 0 atom stereocenters. The summed E-state index contributed by atoms with van der Waals surface area (Å²) in [6.45, 7) is 2.03. The molecule has 5 nitrogen and oxygen atoms in total. The maximum atomic E-state index is 13.0. The number of carbonyl (C=O) groups excluding carboxylic acids is 2. The van der Waals surface area contributed by atoms with E-state index in [4.69, 9.17) is 0 Å². The molecule has 0 aliphatic rings. The summed E-state index contributed by atoms with van der Waals surface area (Å²) in [7, 11) is 0. The Bertz CT molecular complexity index is 1270. The molecular weight excluding hydrogens is 457 g/mol. The van der Waals surface area contributed by atoms with Gasteiger partial charge in [0, 0.05) is 27.1 Å². The highest BCUT2D eigenvalue weighted by Gasteiger charge is 2.10. The predicted octanol–water partition coefficient (Wildman–Crippen LogP) is 6.24. The molecule has 33 heavy (non-hydrogen) atoms. The van der Waals surface area contributed by atoms with Crippen LogP contribution in [0, 0.1) is 12.7 Å². The van der Waals surface area contributed by atoms with Crippen molar-refractivity contribution in [3.8, 4) is 11.3 Å². The fourth-order valence-electron chi connectivity index (χ4n) is 2.96. The molecule has 0 saturated heterocycles. The van der Waals surface area contributed by atoms with Gasteiger partial charge in [-0.15, -0.1) is 23.1 Å². The topological polar surface area (TPSA) is 71.1 Å². The molecule has 0 radical (unpaired) electrons. The summed E-state index contributed by atoms with van der Waals surface area (Å²) in [6, 6.07) is 20.6. The van der Waals surface area contributed by atoms with Gasteiger partial charge in [0.2, 0.25) is 5.91 Å². The minimum atomic E-state index is -0.396. The Morgan fingerprint density at radius 2 is 1.76 bits per heavy atom. The van der Waals surface area contributed by atoms with E-state index in [0.717, 1.165) is 16.2 Å². The van der Waals surface area contributed by atoms with E-state index in [1.165, 1.54) is 52.9 Å². The number of nitrogens with zero attached hydrogens (tertiary/aromatic N) is 1. The van der Waals surface area contributed by atoms with Crippen LogP contribution in [0.3, 0.4) is 0 Å². The minimum absolute atomic E-state index is 0.162. The first kappa shape index (κ1) is 22.7. The first-order valence-electron chi connectivity index (χ1n) is 10.1. The number of benzene rings is 3. The number of anilines is 2. The molecule has 0 aliphatic heterocycles. The van der Waals surface area contributed by atoms with Crippen LogP contribution in [0.25, 0.3) is 11.3 Å². The van der Waals surface area contributed by atoms with Gasteiger partial charge in [-0.25, -0.2) is 9.37 Å². The van der Waals surface area contributed by atoms with Gasteiger partial charge >= 0.3 is 0 Å². The largest absolute Gasteiger partial charge is 0.322 e. The summed E-state index contributed by atoms with van der Waals surface area (Å²) in [6.07, 6.45) is 0. The zero-order valence-electron chi connectivity index (χ0n) is 17.7. The van der Waals surface area contributed by atoms with Crippen molar-refractivity contribution in [2.75, 3.05) is 16.4 Å². The van der Waals surface area contributed by atoms with Crippen LogP contribution >= 0.6 is 23.1 Å². The molecule has 4 aromatic rings. The van der Waals surface area contributed by atoms with E-state index in [2.05, 4.69) is 15.6 Å². The van der Waals surface area contributed by atoms with Gasteiger partial charge in [-0.2, -0.15) is 0 Å². The van der Waals surface area contributed by atoms with Crippen LogP contribution in [-0.4, -0.2) is 22.6 Å². The Labute approximate surface area is 199 Å². The Kier molecular flexibility index (Phi) is 7.16. The van der Waals surface area contributed by atoms with E-state index < -0.39 is 5.82 Å². The van der Waals surface area contributed by atoms with Crippen molar-refractivity contribution in [1.82, 2.24) is 4.98 Å². The number of halogens is 1. The molecule has 0 bridgehead atoms. The Morgan fingerprint density at radius 3 is 2.52 bits per heavy atom. The van der Waals surface area contributed by atoms with Crippen LogP contribution in [-0.2, 0) is 4.79 Å². The van der Waals surface area contributed by atoms with Crippen molar-refractivity contribution in [3.63, 3.8) is 0 Å². The lowest BCUT2D eigenvalue weighted by molar-refractivity contribution is -0.113. The molecule has 2 amide bonds. The summed E-state index contributed by atoms with van der Waals surface area (Å²) in [5, 5.41) is 8.09. The average Bonchev–Trinajstić information content (AvgIpc) is 3.27. The summed E-state index contributed by atoms with van der Waals surface area (Å²) in [5.74, 6) is -0.685. The molecular formula is C25H20FN3O2S2. The van der Waals surface area contributed by atoms with Crippen molar-refractivity contribution in [2.45, 2.75) is 11.8 Å². The van der Waals surface area contributed by atoms with Crippen LogP contribution in [0.4, 0.5) is 15.2 Å². The van der Waals surface area contributed by atoms with E-state index in [9.17, 15) is 14.0 Å². The van der Waals surface area contributed by atoms with Gasteiger partial charge in [0.05, 0.1) is 11.4 Å². The van der Waals surface area contributed by atoms with Crippen LogP contribution in [0.1, 0.15) is 15.9 Å². The van der Waals surface area contributed by atoms with Crippen LogP contribution < -0.4 is 10.6 Å². The lowest BCUT2D eigenvalue weighted by atomic mass is 10.1. The molecule has 1 heterocycles. The minimum Gasteiger partial charge on any atom is -0.322 e. The van der Waals surface area contributed by atoms with E-state index in [1.54, 1.807) is 18.2 Å². The standard InChI is InChI=1S/C25H20FN3O2S2/c1-16-5-7-17(8-6-16)22-14-33-25(28-22)29-23(30)15-32-21-4-2-3-20(13-21)27-24(31)18-9-11-19(26)12-10-18/h2-14H,15H2,1H3,(H,27,31)(H,28,29,30). The number of aromatic nitrogens is 1. The third kappa shape index (κ3) is 6.27. The summed E-state index contributed by atoms with van der Waals surface area (Å²) < 4.78 is 13.0. The van der Waals surface area contributed by atoms with Crippen molar-refractivity contribution < 1.29 is 14.0 Å². The van der Waals surface area contributed by atoms with Crippen molar-refractivity contribution in [3.05, 3.63) is 95.1 Å². The fourth-order valence-corrected chi connectivity index (χ4v) is 4.45. The molecule has 1 aromatic heterocycles. The van der Waals surface area contributed by atoms with Gasteiger partial charge < -0.3 is 10.6 Å². The summed E-state index contributed by atoms with van der Waals surface area (Å²) in [4.78, 5) is 30.0. The Balaban J connectivity index is 1.31. The average molecular weight is 478 g/mol. The first-order valence-corrected chi connectivity index (χ1v) is 11.9. The lowest BCUT2D eigenvalue weighted by Gasteiger charge is -2.08. The Hall–Kier alpha value is -3.49. The highest BCUT2D eigenvalue weighted by Crippen LogP contribution is 2.26. The molecule has 0 unspecified atom stereocenters. The lowest BCUT2D eigenvalue weighted by Crippen LogP contribution is -2.14. The summed E-state index contributed by atoms with van der Waals surface area (Å²) in [5.41, 5.74) is 3.97. The molecule has 0 aliphatic carbocycles. The quantitative estimate of drug-likeness (QED) is 0.309. The third-order valence-electron chi connectivity index (χ3n) is 4.67. The van der Waals surface area contributed by atoms with E-state index >= 15 is 0 Å². The normalized spacial score (nSPS) is 10.6. The maximum Gasteiger partial charge on any atom is 0.255 e. The number of thiazole rings is 1. The van der Waals surface area contributed by atoms with Crippen LogP contribution in [0.5, 0.6) is 0 Å². The number of hydrogen-bond donors (Lipinski definition) is 2. The van der Waals surface area contributed by atoms with Gasteiger partial charge in [-0.1, -0.05) is 35.9 Å². The second kappa shape index (κ2) is 10.4. The molecule has 2 N–H and O–H groups in total. The molecule has 0 spiro atoms. The molecule has 3 aromatic carbocycles. The number of amides is 2. The number of hydrogen-bond acceptors (Lipinski definition) is 5. The van der Waals surface area contributed by atoms with Gasteiger partial charge in [-0.3, -0.25) is 9.59 Å². The van der Waals surface area contributed by atoms with Gasteiger partial charge in [0.25, 0.3) is 5.91 Å². The molecule has 8 heteroatoms. The van der Waals surface area contributed by atoms with Gasteiger partial charge in [-0.05, 0) is 49.4 Å². The second-order valence-electron chi connectivity index (χ2n) is 7.23. The Morgan fingerprint density at radius 1 is 1.00 bits per heavy atom. The highest BCUT2D eigenvalue weighted by atomic mass is 32.2. The zero-order valence-corrected chi connectivity index (χ0v) is 19.3. The predicted molar refractivity (Wildman–Crippen MR) is 132 cm³/mol. The van der Waals surface area contributed by atoms with Gasteiger partial charge in [0.1, 0.15) is 5.82 Å². The number of carbonyl (C=O) groups is 2. The number of thioether (sulfide) groups is 1. The molecule has 0 saturated carbocycles. The zero-order chi connectivity index (χ0) is 23.2. The van der Waals surface area contributed by atoms with E-state index in [1.807, 2.05) is 42.6 Å². The maximum absolute atomic E-state index is 13.0. The third-order valence-corrected chi connectivity index (χ3v) is 6.42. The molecule has 166 valence electrons. The molecule has 4 rings (SSSR count).